The molecule has 0 aliphatic heterocycles. The van der Waals surface area contributed by atoms with Gasteiger partial charge in [0.15, 0.2) is 0 Å². The van der Waals surface area contributed by atoms with Crippen LogP contribution in [0, 0.1) is 10.1 Å². The maximum absolute atomic E-state index is 11.2. The van der Waals surface area contributed by atoms with Crippen LogP contribution in [0.5, 0.6) is 0 Å². The molecule has 1 N–H and O–H groups in total. The number of nitro benzene ring substituents is 1. The molecule has 0 atom stereocenters. The van der Waals surface area contributed by atoms with Crippen molar-refractivity contribution in [2.45, 2.75) is 26.3 Å². The van der Waals surface area contributed by atoms with Gasteiger partial charge in [0, 0.05) is 25.0 Å². The third-order valence-corrected chi connectivity index (χ3v) is 3.09. The van der Waals surface area contributed by atoms with Crippen LogP contribution in [0.3, 0.4) is 0 Å². The number of hydrogen-bond acceptors (Lipinski definition) is 4. The minimum Gasteiger partial charge on any atom is -0.375 e. The predicted octanol–water partition coefficient (Wildman–Crippen LogP) is 3.73. The predicted molar refractivity (Wildman–Crippen MR) is 78.7 cm³/mol. The molecule has 5 nitrogen and oxygen atoms in total. The highest BCUT2D eigenvalue weighted by molar-refractivity contribution is 5.63. The smallest absolute Gasteiger partial charge is 0.292 e. The van der Waals surface area contributed by atoms with Gasteiger partial charge in [0.1, 0.15) is 5.69 Å². The molecule has 0 fully saturated rings. The minimum absolute atomic E-state index is 0.111. The number of anilines is 1. The van der Waals surface area contributed by atoms with E-state index >= 15 is 0 Å². The van der Waals surface area contributed by atoms with Crippen molar-refractivity contribution < 1.29 is 4.92 Å². The topological polar surface area (TPSA) is 68.1 Å². The largest absolute Gasteiger partial charge is 0.375 e. The van der Waals surface area contributed by atoms with E-state index in [2.05, 4.69) is 10.3 Å². The molecule has 104 valence electrons. The van der Waals surface area contributed by atoms with Gasteiger partial charge in [0.2, 0.25) is 0 Å². The SMILES string of the molecule is CC(C)c1ccc(NCc2cccnc2)c([N+](=O)[O-])c1. The fourth-order valence-electron chi connectivity index (χ4n) is 1.91. The van der Waals surface area contributed by atoms with E-state index in [1.807, 2.05) is 32.0 Å². The Balaban J connectivity index is 2.21. The maximum Gasteiger partial charge on any atom is 0.292 e. The Bertz CT molecular complexity index is 597. The van der Waals surface area contributed by atoms with Crippen molar-refractivity contribution in [2.24, 2.45) is 0 Å². The van der Waals surface area contributed by atoms with Crippen molar-refractivity contribution >= 4 is 11.4 Å². The fourth-order valence-corrected chi connectivity index (χ4v) is 1.91. The van der Waals surface area contributed by atoms with Crippen molar-refractivity contribution in [3.05, 3.63) is 64.0 Å². The second-order valence-corrected chi connectivity index (χ2v) is 4.90. The molecule has 0 spiro atoms. The van der Waals surface area contributed by atoms with Crippen LogP contribution in [0.15, 0.2) is 42.7 Å². The minimum atomic E-state index is -0.350. The fraction of sp³-hybridized carbons (Fsp3) is 0.267. The molecule has 0 amide bonds. The molecule has 20 heavy (non-hydrogen) atoms. The number of hydrogen-bond donors (Lipinski definition) is 1. The van der Waals surface area contributed by atoms with Gasteiger partial charge >= 0.3 is 0 Å². The Hall–Kier alpha value is -2.43. The third kappa shape index (κ3) is 3.32. The summed E-state index contributed by atoms with van der Waals surface area (Å²) in [5.41, 5.74) is 2.58. The molecule has 1 aromatic heterocycles. The van der Waals surface area contributed by atoms with Gasteiger partial charge in [-0.15, -0.1) is 0 Å². The van der Waals surface area contributed by atoms with Crippen LogP contribution in [0.25, 0.3) is 0 Å². The van der Waals surface area contributed by atoms with E-state index < -0.39 is 0 Å². The van der Waals surface area contributed by atoms with Crippen molar-refractivity contribution in [1.82, 2.24) is 4.98 Å². The number of benzene rings is 1. The Morgan fingerprint density at radius 1 is 1.35 bits per heavy atom. The van der Waals surface area contributed by atoms with Crippen molar-refractivity contribution in [1.29, 1.82) is 0 Å². The molecule has 2 rings (SSSR count). The van der Waals surface area contributed by atoms with E-state index in [0.717, 1.165) is 11.1 Å². The first-order valence-electron chi connectivity index (χ1n) is 6.49. The molecule has 5 heteroatoms. The summed E-state index contributed by atoms with van der Waals surface area (Å²) in [5.74, 6) is 0.265. The van der Waals surface area contributed by atoms with Gasteiger partial charge in [-0.05, 0) is 29.2 Å². The lowest BCUT2D eigenvalue weighted by Crippen LogP contribution is -2.03. The molecule has 0 saturated heterocycles. The standard InChI is InChI=1S/C15H17N3O2/c1-11(2)13-5-6-14(15(8-13)18(19)20)17-10-12-4-3-7-16-9-12/h3-9,11,17H,10H2,1-2H3. The summed E-state index contributed by atoms with van der Waals surface area (Å²) in [6.07, 6.45) is 3.44. The molecule has 0 bridgehead atoms. The molecule has 0 radical (unpaired) electrons. The summed E-state index contributed by atoms with van der Waals surface area (Å²) >= 11 is 0. The van der Waals surface area contributed by atoms with Gasteiger partial charge in [0.05, 0.1) is 4.92 Å². The molecular formula is C15H17N3O2. The van der Waals surface area contributed by atoms with Gasteiger partial charge in [-0.3, -0.25) is 15.1 Å². The molecule has 0 aliphatic rings. The lowest BCUT2D eigenvalue weighted by Gasteiger charge is -2.10. The van der Waals surface area contributed by atoms with Gasteiger partial charge in [-0.1, -0.05) is 26.0 Å². The average molecular weight is 271 g/mol. The summed E-state index contributed by atoms with van der Waals surface area (Å²) in [6.45, 7) is 4.54. The Morgan fingerprint density at radius 3 is 2.75 bits per heavy atom. The third-order valence-electron chi connectivity index (χ3n) is 3.09. The average Bonchev–Trinajstić information content (AvgIpc) is 2.45. The molecule has 0 saturated carbocycles. The molecule has 1 heterocycles. The van der Waals surface area contributed by atoms with E-state index in [0.29, 0.717) is 12.2 Å². The van der Waals surface area contributed by atoms with Crippen molar-refractivity contribution in [2.75, 3.05) is 5.32 Å². The first-order chi connectivity index (χ1) is 9.58. The Morgan fingerprint density at radius 2 is 2.15 bits per heavy atom. The first kappa shape index (κ1) is 14.0. The van der Waals surface area contributed by atoms with E-state index in [1.54, 1.807) is 24.5 Å². The van der Waals surface area contributed by atoms with E-state index in [1.165, 1.54) is 0 Å². The second-order valence-electron chi connectivity index (χ2n) is 4.90. The maximum atomic E-state index is 11.2. The van der Waals surface area contributed by atoms with Crippen LogP contribution < -0.4 is 5.32 Å². The summed E-state index contributed by atoms with van der Waals surface area (Å²) < 4.78 is 0. The Labute approximate surface area is 117 Å². The number of rotatable bonds is 5. The van der Waals surface area contributed by atoms with Crippen molar-refractivity contribution in [3.63, 3.8) is 0 Å². The summed E-state index contributed by atoms with van der Waals surface area (Å²) in [7, 11) is 0. The van der Waals surface area contributed by atoms with Gasteiger partial charge < -0.3 is 5.32 Å². The molecular weight excluding hydrogens is 254 g/mol. The number of nitrogens with one attached hydrogen (secondary N) is 1. The van der Waals surface area contributed by atoms with Crippen molar-refractivity contribution in [3.8, 4) is 0 Å². The zero-order valence-electron chi connectivity index (χ0n) is 11.5. The monoisotopic (exact) mass is 271 g/mol. The van der Waals surface area contributed by atoms with Crippen LogP contribution in [0.2, 0.25) is 0 Å². The van der Waals surface area contributed by atoms with Crippen LogP contribution in [0.4, 0.5) is 11.4 Å². The molecule has 1 aromatic carbocycles. The van der Waals surface area contributed by atoms with E-state index in [4.69, 9.17) is 0 Å². The lowest BCUT2D eigenvalue weighted by atomic mass is 10.0. The summed E-state index contributed by atoms with van der Waals surface area (Å²) in [5, 5.41) is 14.3. The Kier molecular flexibility index (Phi) is 4.30. The van der Waals surface area contributed by atoms with E-state index in [-0.39, 0.29) is 16.5 Å². The number of nitro groups is 1. The van der Waals surface area contributed by atoms with Gasteiger partial charge in [-0.2, -0.15) is 0 Å². The number of nitrogens with zero attached hydrogens (tertiary/aromatic N) is 2. The second kappa shape index (κ2) is 6.14. The first-order valence-corrected chi connectivity index (χ1v) is 6.49. The highest BCUT2D eigenvalue weighted by Gasteiger charge is 2.15. The zero-order valence-corrected chi connectivity index (χ0v) is 11.5. The molecule has 0 aliphatic carbocycles. The highest BCUT2D eigenvalue weighted by atomic mass is 16.6. The van der Waals surface area contributed by atoms with Crippen LogP contribution in [-0.2, 0) is 6.54 Å². The normalized spacial score (nSPS) is 10.6. The number of aromatic nitrogens is 1. The van der Waals surface area contributed by atoms with Gasteiger partial charge in [0.25, 0.3) is 5.69 Å². The van der Waals surface area contributed by atoms with Crippen LogP contribution >= 0.6 is 0 Å². The molecule has 2 aromatic rings. The molecule has 0 unspecified atom stereocenters. The summed E-state index contributed by atoms with van der Waals surface area (Å²) in [4.78, 5) is 14.8. The van der Waals surface area contributed by atoms with E-state index in [9.17, 15) is 10.1 Å². The van der Waals surface area contributed by atoms with Crippen LogP contribution in [-0.4, -0.2) is 9.91 Å². The van der Waals surface area contributed by atoms with Crippen LogP contribution in [0.1, 0.15) is 30.9 Å². The lowest BCUT2D eigenvalue weighted by molar-refractivity contribution is -0.384. The zero-order chi connectivity index (χ0) is 14.5. The quantitative estimate of drug-likeness (QED) is 0.664. The highest BCUT2D eigenvalue weighted by Crippen LogP contribution is 2.29. The summed E-state index contributed by atoms with van der Waals surface area (Å²) in [6, 6.07) is 9.09. The number of pyridine rings is 1. The van der Waals surface area contributed by atoms with Gasteiger partial charge in [-0.25, -0.2) is 0 Å².